The molecule has 2 saturated carbocycles. The number of aromatic hydroxyl groups is 1. The fourth-order valence-corrected chi connectivity index (χ4v) is 8.26. The Kier molecular flexibility index (Phi) is 7.45. The molecule has 4 aliphatic rings. The number of phenols is 1. The lowest BCUT2D eigenvalue weighted by atomic mass is 9.75. The molecule has 0 unspecified atom stereocenters. The van der Waals surface area contributed by atoms with Gasteiger partial charge in [-0.3, -0.25) is 9.88 Å². The third-order valence-corrected chi connectivity index (χ3v) is 10.5. The zero-order chi connectivity index (χ0) is 32.5. The summed E-state index contributed by atoms with van der Waals surface area (Å²) in [6.45, 7) is 4.14. The van der Waals surface area contributed by atoms with E-state index in [0.717, 1.165) is 44.7 Å². The van der Waals surface area contributed by atoms with Crippen molar-refractivity contribution in [2.75, 3.05) is 44.4 Å². The van der Waals surface area contributed by atoms with Gasteiger partial charge in [0.15, 0.2) is 17.5 Å². The Bertz CT molecular complexity index is 1870. The van der Waals surface area contributed by atoms with Gasteiger partial charge >= 0.3 is 6.01 Å². The van der Waals surface area contributed by atoms with Gasteiger partial charge in [-0.25, -0.2) is 13.2 Å². The number of halogens is 3. The van der Waals surface area contributed by atoms with E-state index in [2.05, 4.69) is 14.9 Å². The maximum atomic E-state index is 16.8. The van der Waals surface area contributed by atoms with Crippen LogP contribution in [0.1, 0.15) is 51.9 Å². The maximum absolute atomic E-state index is 16.8. The molecule has 3 atom stereocenters. The number of likely N-dealkylation sites (tertiary alicyclic amines) is 1. The van der Waals surface area contributed by atoms with Crippen molar-refractivity contribution >= 4 is 27.5 Å². The van der Waals surface area contributed by atoms with Gasteiger partial charge in [0.1, 0.15) is 28.4 Å². The molecule has 0 spiro atoms. The van der Waals surface area contributed by atoms with E-state index in [9.17, 15) is 14.6 Å². The molecule has 4 aromatic rings. The van der Waals surface area contributed by atoms with Gasteiger partial charge < -0.3 is 24.6 Å². The van der Waals surface area contributed by atoms with E-state index in [-0.39, 0.29) is 63.3 Å². The normalized spacial score (nSPS) is 26.9. The van der Waals surface area contributed by atoms with E-state index >= 15 is 8.78 Å². The summed E-state index contributed by atoms with van der Waals surface area (Å²) < 4.78 is 58.4. The monoisotopic (exact) mass is 649 g/mol. The molecule has 9 nitrogen and oxygen atoms in total. The second-order valence-corrected chi connectivity index (χ2v) is 14.1. The van der Waals surface area contributed by atoms with Crippen LogP contribution in [0.15, 0.2) is 30.5 Å². The summed E-state index contributed by atoms with van der Waals surface area (Å²) in [7, 11) is 0. The Balaban J connectivity index is 1.25. The molecule has 2 N–H and O–H groups in total. The van der Waals surface area contributed by atoms with Crippen LogP contribution in [0.25, 0.3) is 32.9 Å². The molecule has 2 aliphatic carbocycles. The molecule has 2 aromatic carbocycles. The van der Waals surface area contributed by atoms with Crippen LogP contribution in [0, 0.1) is 22.9 Å². The van der Waals surface area contributed by atoms with Crippen LogP contribution in [0.4, 0.5) is 19.0 Å². The van der Waals surface area contributed by atoms with Crippen molar-refractivity contribution in [3.05, 3.63) is 47.9 Å². The minimum atomic E-state index is -1.20. The van der Waals surface area contributed by atoms with Gasteiger partial charge in [0.25, 0.3) is 0 Å². The number of phenolic OH excluding ortho intramolecular Hbond substituents is 1. The zero-order valence-electron chi connectivity index (χ0n) is 26.3. The van der Waals surface area contributed by atoms with Gasteiger partial charge in [0, 0.05) is 41.2 Å². The first-order valence-electron chi connectivity index (χ1n) is 16.5. The summed E-state index contributed by atoms with van der Waals surface area (Å²) in [4.78, 5) is 18.2. The first-order chi connectivity index (χ1) is 22.6. The highest BCUT2D eigenvalue weighted by Gasteiger charge is 2.51. The summed E-state index contributed by atoms with van der Waals surface area (Å²) in [5.41, 5.74) is -1.76. The molecular formula is C35H38F3N5O4. The smallest absolute Gasteiger partial charge is 0.319 e. The fourth-order valence-electron chi connectivity index (χ4n) is 8.26. The molecule has 0 radical (unpaired) electrons. The van der Waals surface area contributed by atoms with Gasteiger partial charge in [0.2, 0.25) is 0 Å². The van der Waals surface area contributed by atoms with Crippen LogP contribution in [-0.2, 0) is 4.74 Å². The van der Waals surface area contributed by atoms with Crippen LogP contribution >= 0.6 is 0 Å². The number of hydrogen-bond acceptors (Lipinski definition) is 9. The Morgan fingerprint density at radius 1 is 1.04 bits per heavy atom. The highest BCUT2D eigenvalue weighted by molar-refractivity contribution is 6.00. The number of nitrogens with zero attached hydrogens (tertiary/aromatic N) is 5. The third kappa shape index (κ3) is 5.44. The summed E-state index contributed by atoms with van der Waals surface area (Å²) in [5, 5.41) is 21.7. The number of aliphatic hydroxyl groups is 1. The summed E-state index contributed by atoms with van der Waals surface area (Å²) in [5.74, 6) is -3.09. The van der Waals surface area contributed by atoms with Crippen molar-refractivity contribution in [3.8, 4) is 23.0 Å². The summed E-state index contributed by atoms with van der Waals surface area (Å²) in [6.07, 6.45) is 9.32. The Morgan fingerprint density at radius 3 is 2.70 bits per heavy atom. The van der Waals surface area contributed by atoms with Gasteiger partial charge in [-0.05, 0) is 75.6 Å². The van der Waals surface area contributed by atoms with Crippen molar-refractivity contribution in [2.24, 2.45) is 5.41 Å². The highest BCUT2D eigenvalue weighted by Crippen LogP contribution is 2.51. The Morgan fingerprint density at radius 2 is 1.87 bits per heavy atom. The standard InChI is InChI=1S/C35H38F3N5O4/c1-34(45)17-42(12-13-46-18-34)32-24-16-39-30(23-15-22(44)14-20-5-8-25(36)28(37)27(20)23)29(38)31(24)40-33(41-32)47-19-35-9-2-4-26(35)43(11-3-10-35)21-6-7-21/h5,8,14-16,21,26,44-45H,2-4,6-7,9-13,17-19H2,1H3/t26-,34+,35-/m1/s1. The summed E-state index contributed by atoms with van der Waals surface area (Å²) >= 11 is 0. The zero-order valence-corrected chi connectivity index (χ0v) is 26.3. The largest absolute Gasteiger partial charge is 0.508 e. The molecule has 248 valence electrons. The second-order valence-electron chi connectivity index (χ2n) is 14.1. The Hall–Kier alpha value is -3.74. The maximum Gasteiger partial charge on any atom is 0.319 e. The Labute approximate surface area is 270 Å². The molecule has 8 rings (SSSR count). The second kappa shape index (κ2) is 11.5. The molecular weight excluding hydrogens is 611 g/mol. The SMILES string of the molecule is C[C@@]1(O)COCCN(c2nc(OC[C@]34CCC[C@H]3N(C3CC3)CCC4)nc3c(F)c(-c4cc(O)cc5ccc(F)c(F)c45)ncc23)C1. The number of benzene rings is 2. The van der Waals surface area contributed by atoms with Crippen molar-refractivity contribution in [2.45, 2.75) is 69.6 Å². The topological polar surface area (TPSA) is 104 Å². The molecule has 47 heavy (non-hydrogen) atoms. The average molecular weight is 650 g/mol. The van der Waals surface area contributed by atoms with E-state index in [0.29, 0.717) is 37.7 Å². The van der Waals surface area contributed by atoms with E-state index < -0.39 is 23.1 Å². The van der Waals surface area contributed by atoms with E-state index in [1.54, 1.807) is 6.92 Å². The number of pyridine rings is 1. The molecule has 2 aromatic heterocycles. The number of fused-ring (bicyclic) bond motifs is 3. The van der Waals surface area contributed by atoms with Crippen LogP contribution < -0.4 is 9.64 Å². The predicted octanol–water partition coefficient (Wildman–Crippen LogP) is 5.73. The van der Waals surface area contributed by atoms with Crippen LogP contribution in [0.5, 0.6) is 11.8 Å². The van der Waals surface area contributed by atoms with E-state index in [4.69, 9.17) is 14.5 Å². The quantitative estimate of drug-likeness (QED) is 0.271. The first-order valence-corrected chi connectivity index (χ1v) is 16.5. The molecule has 2 aliphatic heterocycles. The molecule has 2 saturated heterocycles. The molecule has 12 heteroatoms. The van der Waals surface area contributed by atoms with Crippen LogP contribution in [-0.4, -0.2) is 87.2 Å². The van der Waals surface area contributed by atoms with E-state index in [1.165, 1.54) is 37.2 Å². The number of piperidine rings is 1. The van der Waals surface area contributed by atoms with Gasteiger partial charge in [-0.1, -0.05) is 12.5 Å². The lowest BCUT2D eigenvalue weighted by Gasteiger charge is -2.46. The highest BCUT2D eigenvalue weighted by atomic mass is 19.2. The lowest BCUT2D eigenvalue weighted by Crippen LogP contribution is -2.52. The van der Waals surface area contributed by atoms with Crippen molar-refractivity contribution in [3.63, 3.8) is 0 Å². The number of rotatable bonds is 6. The van der Waals surface area contributed by atoms with Crippen molar-refractivity contribution < 1.29 is 32.9 Å². The molecule has 0 amide bonds. The first kappa shape index (κ1) is 30.6. The third-order valence-electron chi connectivity index (χ3n) is 10.5. The number of anilines is 1. The fraction of sp³-hybridized carbons (Fsp3) is 0.514. The van der Waals surface area contributed by atoms with Crippen LogP contribution in [0.2, 0.25) is 0 Å². The lowest BCUT2D eigenvalue weighted by molar-refractivity contribution is -0.0123. The van der Waals surface area contributed by atoms with Crippen molar-refractivity contribution in [1.29, 1.82) is 0 Å². The van der Waals surface area contributed by atoms with E-state index in [1.807, 2.05) is 4.90 Å². The van der Waals surface area contributed by atoms with Gasteiger partial charge in [-0.2, -0.15) is 9.97 Å². The van der Waals surface area contributed by atoms with Gasteiger partial charge in [0.05, 0.1) is 31.8 Å². The van der Waals surface area contributed by atoms with Crippen LogP contribution in [0.3, 0.4) is 0 Å². The minimum absolute atomic E-state index is 0.00470. The number of ether oxygens (including phenoxy) is 2. The summed E-state index contributed by atoms with van der Waals surface area (Å²) in [6, 6.07) is 5.81. The van der Waals surface area contributed by atoms with Gasteiger partial charge in [-0.15, -0.1) is 0 Å². The molecule has 0 bridgehead atoms. The molecule has 4 fully saturated rings. The number of β-amino-alcohol motifs (C(OH)–C–C–N with tert-alkyl or cyclic N) is 1. The predicted molar refractivity (Wildman–Crippen MR) is 170 cm³/mol. The number of aromatic nitrogens is 3. The van der Waals surface area contributed by atoms with Crippen molar-refractivity contribution in [1.82, 2.24) is 19.9 Å². The number of hydrogen-bond donors (Lipinski definition) is 2. The average Bonchev–Trinajstić information content (AvgIpc) is 3.83. The molecule has 4 heterocycles. The minimum Gasteiger partial charge on any atom is -0.508 e.